The molecule has 4 saturated heterocycles. The van der Waals surface area contributed by atoms with Crippen molar-refractivity contribution < 1.29 is 13.9 Å². The third-order valence-corrected chi connectivity index (χ3v) is 6.11. The average molecular weight is 367 g/mol. The van der Waals surface area contributed by atoms with Crippen molar-refractivity contribution in [3.63, 3.8) is 0 Å². The van der Waals surface area contributed by atoms with Crippen molar-refractivity contribution in [2.45, 2.75) is 37.8 Å². The average Bonchev–Trinajstić information content (AvgIpc) is 2.94. The van der Waals surface area contributed by atoms with Crippen LogP contribution in [0.5, 0.6) is 0 Å². The van der Waals surface area contributed by atoms with Crippen molar-refractivity contribution in [1.29, 1.82) is 0 Å². The summed E-state index contributed by atoms with van der Waals surface area (Å²) in [6.07, 6.45) is 4.29. The molecule has 0 aliphatic carbocycles. The van der Waals surface area contributed by atoms with E-state index in [9.17, 15) is 9.18 Å². The van der Waals surface area contributed by atoms with Crippen molar-refractivity contribution in [1.82, 2.24) is 9.80 Å². The van der Waals surface area contributed by atoms with Gasteiger partial charge in [-0.05, 0) is 49.8 Å². The van der Waals surface area contributed by atoms with Gasteiger partial charge in [0.05, 0.1) is 5.56 Å². The summed E-state index contributed by atoms with van der Waals surface area (Å²) >= 11 is 5.82. The van der Waals surface area contributed by atoms with Crippen LogP contribution in [0.4, 0.5) is 4.39 Å². The first-order valence-corrected chi connectivity index (χ1v) is 9.57. The quantitative estimate of drug-likeness (QED) is 0.805. The molecule has 25 heavy (non-hydrogen) atoms. The van der Waals surface area contributed by atoms with E-state index in [1.807, 2.05) is 4.90 Å². The van der Waals surface area contributed by atoms with Gasteiger partial charge in [-0.3, -0.25) is 9.69 Å². The number of nitrogens with zero attached hydrogens (tertiary/aromatic N) is 2. The molecule has 0 radical (unpaired) electrons. The van der Waals surface area contributed by atoms with Crippen LogP contribution >= 0.6 is 11.6 Å². The van der Waals surface area contributed by atoms with Crippen molar-refractivity contribution in [2.24, 2.45) is 5.92 Å². The molecule has 5 rings (SSSR count). The molecule has 1 aromatic rings. The standard InChI is InChI=1S/C19H24ClFN2O2/c20-14-2-4-17(18(21)9-14)19(24)23-11-13-1-3-16(23)12-22(10-13)15-5-7-25-8-6-15/h2,4,9,13,15-16H,1,3,5-8,10-12H2/t13-,16+/m0/s1. The van der Waals surface area contributed by atoms with Crippen LogP contribution in [-0.4, -0.2) is 60.6 Å². The molecule has 4 aliphatic heterocycles. The number of piperidine rings is 1. The van der Waals surface area contributed by atoms with Gasteiger partial charge in [0.25, 0.3) is 5.91 Å². The number of benzene rings is 1. The highest BCUT2D eigenvalue weighted by atomic mass is 35.5. The van der Waals surface area contributed by atoms with Crippen LogP contribution in [-0.2, 0) is 4.74 Å². The molecule has 0 spiro atoms. The van der Waals surface area contributed by atoms with Crippen LogP contribution in [0.15, 0.2) is 18.2 Å². The Kier molecular flexibility index (Phi) is 4.98. The van der Waals surface area contributed by atoms with Crippen LogP contribution in [0, 0.1) is 11.7 Å². The van der Waals surface area contributed by atoms with Gasteiger partial charge in [0.1, 0.15) is 5.82 Å². The Morgan fingerprint density at radius 1 is 1.08 bits per heavy atom. The van der Waals surface area contributed by atoms with Crippen LogP contribution in [0.1, 0.15) is 36.0 Å². The summed E-state index contributed by atoms with van der Waals surface area (Å²) in [5.41, 5.74) is 0.134. The van der Waals surface area contributed by atoms with E-state index < -0.39 is 5.82 Å². The fourth-order valence-electron chi connectivity index (χ4n) is 4.53. The molecule has 0 N–H and O–H groups in total. The molecule has 0 aromatic heterocycles. The van der Waals surface area contributed by atoms with E-state index in [0.29, 0.717) is 17.0 Å². The number of fused-ring (bicyclic) bond motifs is 4. The molecule has 4 aliphatic rings. The van der Waals surface area contributed by atoms with Crippen LogP contribution in [0.3, 0.4) is 0 Å². The lowest BCUT2D eigenvalue weighted by Crippen LogP contribution is -2.48. The summed E-state index contributed by atoms with van der Waals surface area (Å²) in [4.78, 5) is 17.4. The monoisotopic (exact) mass is 366 g/mol. The summed E-state index contributed by atoms with van der Waals surface area (Å²) in [6.45, 7) is 4.31. The zero-order chi connectivity index (χ0) is 17.4. The summed E-state index contributed by atoms with van der Waals surface area (Å²) < 4.78 is 19.7. The van der Waals surface area contributed by atoms with E-state index in [2.05, 4.69) is 4.90 Å². The van der Waals surface area contributed by atoms with E-state index in [1.54, 1.807) is 6.07 Å². The summed E-state index contributed by atoms with van der Waals surface area (Å²) in [7, 11) is 0. The lowest BCUT2D eigenvalue weighted by Gasteiger charge is -2.37. The highest BCUT2D eigenvalue weighted by molar-refractivity contribution is 6.30. The minimum absolute atomic E-state index is 0.134. The summed E-state index contributed by atoms with van der Waals surface area (Å²) in [5, 5.41) is 0.317. The van der Waals surface area contributed by atoms with E-state index in [1.165, 1.54) is 12.1 Å². The van der Waals surface area contributed by atoms with Gasteiger partial charge in [0, 0.05) is 50.0 Å². The molecule has 136 valence electrons. The second kappa shape index (κ2) is 7.22. The summed E-state index contributed by atoms with van der Waals surface area (Å²) in [6, 6.07) is 5.04. The van der Waals surface area contributed by atoms with Gasteiger partial charge in [-0.25, -0.2) is 4.39 Å². The lowest BCUT2D eigenvalue weighted by atomic mass is 9.94. The molecule has 0 saturated carbocycles. The molecule has 4 fully saturated rings. The van der Waals surface area contributed by atoms with Gasteiger partial charge in [-0.2, -0.15) is 0 Å². The Balaban J connectivity index is 1.52. The van der Waals surface area contributed by atoms with Crippen molar-refractivity contribution in [2.75, 3.05) is 32.8 Å². The second-order valence-electron chi connectivity index (χ2n) is 7.48. The maximum absolute atomic E-state index is 14.2. The Labute approximate surface area is 152 Å². The molecule has 0 unspecified atom stereocenters. The predicted octanol–water partition coefficient (Wildman–Crippen LogP) is 3.19. The first-order chi connectivity index (χ1) is 12.1. The zero-order valence-corrected chi connectivity index (χ0v) is 15.1. The minimum Gasteiger partial charge on any atom is -0.381 e. The Morgan fingerprint density at radius 3 is 2.64 bits per heavy atom. The fraction of sp³-hybridized carbons (Fsp3) is 0.632. The highest BCUT2D eigenvalue weighted by Gasteiger charge is 2.39. The van der Waals surface area contributed by atoms with Crippen molar-refractivity contribution in [3.05, 3.63) is 34.6 Å². The van der Waals surface area contributed by atoms with Gasteiger partial charge in [0.2, 0.25) is 0 Å². The molecule has 1 aromatic carbocycles. The largest absolute Gasteiger partial charge is 0.381 e. The van der Waals surface area contributed by atoms with Gasteiger partial charge >= 0.3 is 0 Å². The zero-order valence-electron chi connectivity index (χ0n) is 14.3. The molecular formula is C19H24ClFN2O2. The van der Waals surface area contributed by atoms with Gasteiger partial charge < -0.3 is 9.64 Å². The lowest BCUT2D eigenvalue weighted by molar-refractivity contribution is 0.0304. The number of hydrogen-bond acceptors (Lipinski definition) is 3. The molecule has 4 heterocycles. The van der Waals surface area contributed by atoms with Gasteiger partial charge in [-0.15, -0.1) is 0 Å². The number of ether oxygens (including phenoxy) is 1. The first kappa shape index (κ1) is 17.3. The number of carbonyl (C=O) groups excluding carboxylic acids is 1. The number of rotatable bonds is 2. The maximum Gasteiger partial charge on any atom is 0.257 e. The number of halogens is 2. The third kappa shape index (κ3) is 3.55. The van der Waals surface area contributed by atoms with Crippen LogP contribution in [0.2, 0.25) is 5.02 Å². The van der Waals surface area contributed by atoms with E-state index in [4.69, 9.17) is 16.3 Å². The third-order valence-electron chi connectivity index (χ3n) is 5.87. The molecule has 2 atom stereocenters. The minimum atomic E-state index is -0.529. The Bertz CT molecular complexity index is 650. The Hall–Kier alpha value is -1.17. The fourth-order valence-corrected chi connectivity index (χ4v) is 4.69. The number of hydrogen-bond donors (Lipinski definition) is 0. The first-order valence-electron chi connectivity index (χ1n) is 9.19. The molecule has 4 nitrogen and oxygen atoms in total. The number of amides is 1. The van der Waals surface area contributed by atoms with E-state index >= 15 is 0 Å². The number of carbonyl (C=O) groups is 1. The van der Waals surface area contributed by atoms with Crippen molar-refractivity contribution in [3.8, 4) is 0 Å². The SMILES string of the molecule is O=C(c1ccc(Cl)cc1F)N1C[C@H]2CC[C@@H]1CN(C1CCOCC1)C2. The Morgan fingerprint density at radius 2 is 1.88 bits per heavy atom. The molecular weight excluding hydrogens is 343 g/mol. The topological polar surface area (TPSA) is 32.8 Å². The molecule has 2 bridgehead atoms. The van der Waals surface area contributed by atoms with Gasteiger partial charge in [-0.1, -0.05) is 11.6 Å². The smallest absolute Gasteiger partial charge is 0.257 e. The van der Waals surface area contributed by atoms with E-state index in [0.717, 1.165) is 58.5 Å². The van der Waals surface area contributed by atoms with Crippen LogP contribution in [0.25, 0.3) is 0 Å². The van der Waals surface area contributed by atoms with Crippen LogP contribution < -0.4 is 0 Å². The second-order valence-corrected chi connectivity index (χ2v) is 7.91. The highest BCUT2D eigenvalue weighted by Crippen LogP contribution is 2.32. The summed E-state index contributed by atoms with van der Waals surface area (Å²) in [5.74, 6) is -0.252. The predicted molar refractivity (Wildman–Crippen MR) is 94.4 cm³/mol. The van der Waals surface area contributed by atoms with Gasteiger partial charge in [0.15, 0.2) is 0 Å². The molecule has 1 amide bonds. The van der Waals surface area contributed by atoms with E-state index in [-0.39, 0.29) is 17.5 Å². The normalized spacial score (nSPS) is 28.2. The molecule has 6 heteroatoms. The maximum atomic E-state index is 14.2. The van der Waals surface area contributed by atoms with Crippen molar-refractivity contribution >= 4 is 17.5 Å².